The first-order valence-electron chi connectivity index (χ1n) is 9.01. The zero-order valence-electron chi connectivity index (χ0n) is 16.6. The molecule has 0 spiro atoms. The number of carbonyl (C=O) groups excluding carboxylic acids is 4. The van der Waals surface area contributed by atoms with Gasteiger partial charge in [-0.2, -0.15) is 0 Å². The molecule has 0 saturated carbocycles. The fraction of sp³-hybridized carbons (Fsp3) is 0.474. The standard InChI is InChI=1S/C19H26N4O6/c1-11(8-14(24)9-13-4-6-21-7-5-13)18(27)23(3)12(2)17(26)22-15(19(28)29)10-16(20)25/h4-7,11-12,15H,8-10H2,1-3H3,(H2,20,25)(H,22,26)(H,28,29)/t11-,12+,15+/m1/s1. The van der Waals surface area contributed by atoms with Crippen molar-refractivity contribution < 1.29 is 29.1 Å². The van der Waals surface area contributed by atoms with Crippen LogP contribution in [0.15, 0.2) is 24.5 Å². The fourth-order valence-corrected chi connectivity index (χ4v) is 2.64. The summed E-state index contributed by atoms with van der Waals surface area (Å²) in [4.78, 5) is 64.1. The van der Waals surface area contributed by atoms with Gasteiger partial charge in [0.05, 0.1) is 6.42 Å². The minimum Gasteiger partial charge on any atom is -0.480 e. The van der Waals surface area contributed by atoms with Crippen molar-refractivity contribution in [3.63, 3.8) is 0 Å². The minimum atomic E-state index is -1.48. The molecule has 0 bridgehead atoms. The maximum Gasteiger partial charge on any atom is 0.326 e. The zero-order valence-corrected chi connectivity index (χ0v) is 16.6. The number of hydrogen-bond acceptors (Lipinski definition) is 6. The molecule has 0 saturated heterocycles. The largest absolute Gasteiger partial charge is 0.480 e. The van der Waals surface area contributed by atoms with E-state index in [1.165, 1.54) is 14.0 Å². The van der Waals surface area contributed by atoms with Gasteiger partial charge in [-0.3, -0.25) is 24.2 Å². The van der Waals surface area contributed by atoms with Crippen LogP contribution in [0.25, 0.3) is 0 Å². The fourth-order valence-electron chi connectivity index (χ4n) is 2.64. The lowest BCUT2D eigenvalue weighted by Crippen LogP contribution is -2.52. The Bertz CT molecular complexity index is 767. The second-order valence-electron chi connectivity index (χ2n) is 6.87. The van der Waals surface area contributed by atoms with Gasteiger partial charge in [0.25, 0.3) is 0 Å². The molecule has 3 amide bonds. The number of Topliss-reactive ketones (excluding diaryl/α,β-unsaturated/α-hetero) is 1. The van der Waals surface area contributed by atoms with Crippen LogP contribution in [0.4, 0.5) is 0 Å². The van der Waals surface area contributed by atoms with E-state index in [9.17, 15) is 24.0 Å². The van der Waals surface area contributed by atoms with Crippen LogP contribution in [0.5, 0.6) is 0 Å². The summed E-state index contributed by atoms with van der Waals surface area (Å²) in [6, 6.07) is 0.946. The number of rotatable bonds is 11. The normalized spacial score (nSPS) is 13.6. The van der Waals surface area contributed by atoms with E-state index in [2.05, 4.69) is 10.3 Å². The van der Waals surface area contributed by atoms with Crippen LogP contribution in [0, 0.1) is 5.92 Å². The van der Waals surface area contributed by atoms with Crippen molar-refractivity contribution in [2.45, 2.75) is 45.2 Å². The molecule has 1 aromatic rings. The van der Waals surface area contributed by atoms with E-state index in [0.717, 1.165) is 10.5 Å². The first-order valence-corrected chi connectivity index (χ1v) is 9.01. The molecule has 0 aliphatic heterocycles. The Balaban J connectivity index is 2.65. The van der Waals surface area contributed by atoms with Crippen LogP contribution in [-0.2, 0) is 30.4 Å². The number of carbonyl (C=O) groups is 5. The number of carboxylic acid groups (broad SMARTS) is 1. The minimum absolute atomic E-state index is 0.000733. The molecule has 1 heterocycles. The van der Waals surface area contributed by atoms with Gasteiger partial charge in [-0.25, -0.2) is 4.79 Å². The molecule has 3 atom stereocenters. The van der Waals surface area contributed by atoms with Gasteiger partial charge in [-0.15, -0.1) is 0 Å². The number of likely N-dealkylation sites (N-methyl/N-ethyl adjacent to an activating group) is 1. The highest BCUT2D eigenvalue weighted by Gasteiger charge is 2.30. The summed E-state index contributed by atoms with van der Waals surface area (Å²) >= 11 is 0. The van der Waals surface area contributed by atoms with Crippen LogP contribution in [0.1, 0.15) is 32.3 Å². The van der Waals surface area contributed by atoms with Gasteiger partial charge in [0, 0.05) is 38.2 Å². The third-order valence-corrected chi connectivity index (χ3v) is 4.43. The molecule has 158 valence electrons. The molecule has 29 heavy (non-hydrogen) atoms. The van der Waals surface area contributed by atoms with Crippen molar-refractivity contribution >= 4 is 29.5 Å². The molecule has 0 unspecified atom stereocenters. The molecule has 4 N–H and O–H groups in total. The second-order valence-corrected chi connectivity index (χ2v) is 6.87. The number of nitrogens with one attached hydrogen (secondary N) is 1. The number of carboxylic acids is 1. The molecule has 1 rings (SSSR count). The van der Waals surface area contributed by atoms with Crippen molar-refractivity contribution in [3.8, 4) is 0 Å². The Labute approximate surface area is 168 Å². The second kappa shape index (κ2) is 10.9. The van der Waals surface area contributed by atoms with Gasteiger partial charge < -0.3 is 21.1 Å². The Morgan fingerprint density at radius 2 is 1.72 bits per heavy atom. The van der Waals surface area contributed by atoms with E-state index in [-0.39, 0.29) is 18.6 Å². The van der Waals surface area contributed by atoms with Crippen molar-refractivity contribution in [3.05, 3.63) is 30.1 Å². The highest BCUT2D eigenvalue weighted by Crippen LogP contribution is 2.12. The van der Waals surface area contributed by atoms with Crippen LogP contribution in [-0.4, -0.2) is 63.6 Å². The Morgan fingerprint density at radius 1 is 1.14 bits per heavy atom. The van der Waals surface area contributed by atoms with E-state index in [0.29, 0.717) is 0 Å². The molecule has 0 fully saturated rings. The molecule has 0 aliphatic rings. The first kappa shape index (κ1) is 23.7. The molecule has 1 aromatic heterocycles. The number of nitrogens with zero attached hydrogens (tertiary/aromatic N) is 2. The van der Waals surface area contributed by atoms with E-state index in [1.54, 1.807) is 31.5 Å². The zero-order chi connectivity index (χ0) is 22.1. The third kappa shape index (κ3) is 7.68. The predicted molar refractivity (Wildman–Crippen MR) is 102 cm³/mol. The van der Waals surface area contributed by atoms with Crippen LogP contribution in [0.3, 0.4) is 0 Å². The number of amides is 3. The van der Waals surface area contributed by atoms with Gasteiger partial charge in [-0.1, -0.05) is 6.92 Å². The molecular formula is C19H26N4O6. The quantitative estimate of drug-likeness (QED) is 0.447. The molecule has 0 aliphatic carbocycles. The summed E-state index contributed by atoms with van der Waals surface area (Å²) < 4.78 is 0. The molecule has 0 aromatic carbocycles. The summed E-state index contributed by atoms with van der Waals surface area (Å²) in [5.41, 5.74) is 5.77. The van der Waals surface area contributed by atoms with Crippen molar-refractivity contribution in [1.82, 2.24) is 15.2 Å². The van der Waals surface area contributed by atoms with Gasteiger partial charge in [0.2, 0.25) is 17.7 Å². The monoisotopic (exact) mass is 406 g/mol. The molecule has 10 nitrogen and oxygen atoms in total. The predicted octanol–water partition coefficient (Wildman–Crippen LogP) is -0.489. The van der Waals surface area contributed by atoms with E-state index >= 15 is 0 Å². The average molecular weight is 406 g/mol. The lowest BCUT2D eigenvalue weighted by atomic mass is 9.98. The maximum atomic E-state index is 12.6. The number of hydrogen-bond donors (Lipinski definition) is 3. The number of pyridine rings is 1. The van der Waals surface area contributed by atoms with E-state index in [1.807, 2.05) is 0 Å². The van der Waals surface area contributed by atoms with Gasteiger partial charge >= 0.3 is 5.97 Å². The Hall–Kier alpha value is -3.30. The number of primary amides is 1. The van der Waals surface area contributed by atoms with Crippen LogP contribution in [0.2, 0.25) is 0 Å². The summed E-state index contributed by atoms with van der Waals surface area (Å²) in [6.45, 7) is 3.00. The first-order chi connectivity index (χ1) is 13.5. The molecule has 0 radical (unpaired) electrons. The molecule has 10 heteroatoms. The highest BCUT2D eigenvalue weighted by atomic mass is 16.4. The lowest BCUT2D eigenvalue weighted by Gasteiger charge is -2.27. The third-order valence-electron chi connectivity index (χ3n) is 4.43. The maximum absolute atomic E-state index is 12.6. The van der Waals surface area contributed by atoms with Gasteiger partial charge in [-0.05, 0) is 24.6 Å². The van der Waals surface area contributed by atoms with Gasteiger partial charge in [0.15, 0.2) is 0 Å². The van der Waals surface area contributed by atoms with Crippen LogP contribution < -0.4 is 11.1 Å². The van der Waals surface area contributed by atoms with Crippen molar-refractivity contribution in [2.24, 2.45) is 11.7 Å². The van der Waals surface area contributed by atoms with E-state index in [4.69, 9.17) is 10.8 Å². The number of ketones is 1. The van der Waals surface area contributed by atoms with Gasteiger partial charge in [0.1, 0.15) is 17.9 Å². The summed E-state index contributed by atoms with van der Waals surface area (Å²) in [6.07, 6.45) is 2.76. The number of aromatic nitrogens is 1. The number of nitrogens with two attached hydrogens (primary N) is 1. The summed E-state index contributed by atoms with van der Waals surface area (Å²) in [5.74, 6) is -4.26. The Morgan fingerprint density at radius 3 is 2.24 bits per heavy atom. The van der Waals surface area contributed by atoms with Crippen molar-refractivity contribution in [1.29, 1.82) is 0 Å². The SMILES string of the molecule is C[C@H](CC(=O)Cc1ccncc1)C(=O)N(C)[C@@H](C)C(=O)N[C@@H](CC(N)=O)C(=O)O. The Kier molecular flexibility index (Phi) is 8.91. The van der Waals surface area contributed by atoms with Crippen LogP contribution >= 0.6 is 0 Å². The molecular weight excluding hydrogens is 380 g/mol. The summed E-state index contributed by atoms with van der Waals surface area (Å²) in [5, 5.41) is 11.3. The average Bonchev–Trinajstić information content (AvgIpc) is 2.65. The number of aliphatic carboxylic acids is 1. The van der Waals surface area contributed by atoms with Crippen molar-refractivity contribution in [2.75, 3.05) is 7.05 Å². The highest BCUT2D eigenvalue weighted by molar-refractivity contribution is 5.93. The lowest BCUT2D eigenvalue weighted by molar-refractivity contribution is -0.146. The smallest absolute Gasteiger partial charge is 0.326 e. The topological polar surface area (TPSA) is 160 Å². The van der Waals surface area contributed by atoms with E-state index < -0.39 is 48.1 Å². The summed E-state index contributed by atoms with van der Waals surface area (Å²) in [7, 11) is 1.39.